The van der Waals surface area contributed by atoms with E-state index >= 15 is 0 Å². The number of ether oxygens (including phenoxy) is 1. The first kappa shape index (κ1) is 14.7. The Bertz CT molecular complexity index is 953. The first-order valence-electron chi connectivity index (χ1n) is 6.88. The minimum atomic E-state index is -0.220. The van der Waals surface area contributed by atoms with Gasteiger partial charge in [0.1, 0.15) is 17.6 Å². The van der Waals surface area contributed by atoms with Crippen molar-refractivity contribution in [2.24, 2.45) is 0 Å². The van der Waals surface area contributed by atoms with Gasteiger partial charge in [-0.2, -0.15) is 0 Å². The van der Waals surface area contributed by atoms with Crippen LogP contribution in [0.1, 0.15) is 11.1 Å². The Morgan fingerprint density at radius 3 is 2.61 bits per heavy atom. The number of phenolic OH excluding ortho intramolecular Hbond substituents is 2. The van der Waals surface area contributed by atoms with Crippen LogP contribution in [0.4, 0.5) is 0 Å². The third-order valence-electron chi connectivity index (χ3n) is 3.46. The van der Waals surface area contributed by atoms with E-state index in [0.717, 1.165) is 0 Å². The number of methoxy groups -OCH3 is 1. The molecular formula is C18H14O5. The van der Waals surface area contributed by atoms with Crippen LogP contribution < -0.4 is 10.2 Å². The molecule has 0 fully saturated rings. The number of hydrogen-bond donors (Lipinski definition) is 2. The van der Waals surface area contributed by atoms with Gasteiger partial charge in [0, 0.05) is 0 Å². The fourth-order valence-electron chi connectivity index (χ4n) is 2.20. The van der Waals surface area contributed by atoms with E-state index in [-0.39, 0.29) is 16.9 Å². The van der Waals surface area contributed by atoms with Crippen molar-refractivity contribution >= 4 is 23.1 Å². The smallest absolute Gasteiger partial charge is 0.200 e. The van der Waals surface area contributed by atoms with Gasteiger partial charge in [0.2, 0.25) is 0 Å². The third kappa shape index (κ3) is 2.89. The number of phenols is 2. The highest BCUT2D eigenvalue weighted by molar-refractivity contribution is 5.81. The summed E-state index contributed by atoms with van der Waals surface area (Å²) in [4.78, 5) is 12.5. The first-order valence-corrected chi connectivity index (χ1v) is 6.88. The summed E-state index contributed by atoms with van der Waals surface area (Å²) in [6.07, 6.45) is 4.63. The SMILES string of the molecule is COc1ccc2occ(/C=C/c3ccc(O)c(O)c3)c(=O)c2c1. The Morgan fingerprint density at radius 2 is 1.87 bits per heavy atom. The molecule has 1 aromatic heterocycles. The second-order valence-corrected chi connectivity index (χ2v) is 4.96. The van der Waals surface area contributed by atoms with E-state index in [1.807, 2.05) is 0 Å². The molecule has 0 aliphatic rings. The van der Waals surface area contributed by atoms with Gasteiger partial charge < -0.3 is 19.4 Å². The minimum absolute atomic E-state index is 0.176. The van der Waals surface area contributed by atoms with E-state index in [0.29, 0.717) is 27.8 Å². The van der Waals surface area contributed by atoms with Gasteiger partial charge in [-0.25, -0.2) is 0 Å². The topological polar surface area (TPSA) is 79.9 Å². The van der Waals surface area contributed by atoms with Crippen molar-refractivity contribution in [3.05, 3.63) is 64.0 Å². The molecule has 0 saturated heterocycles. The summed E-state index contributed by atoms with van der Waals surface area (Å²) < 4.78 is 10.6. The number of aromatic hydroxyl groups is 2. The van der Waals surface area contributed by atoms with Crippen LogP contribution in [0.2, 0.25) is 0 Å². The number of benzene rings is 2. The van der Waals surface area contributed by atoms with Gasteiger partial charge in [-0.05, 0) is 42.0 Å². The molecule has 5 heteroatoms. The van der Waals surface area contributed by atoms with E-state index in [2.05, 4.69) is 0 Å². The molecule has 0 atom stereocenters. The maximum absolute atomic E-state index is 12.5. The van der Waals surface area contributed by atoms with Crippen LogP contribution in [0.15, 0.2) is 51.9 Å². The van der Waals surface area contributed by atoms with Crippen LogP contribution >= 0.6 is 0 Å². The van der Waals surface area contributed by atoms with Gasteiger partial charge in [0.05, 0.1) is 18.1 Å². The van der Waals surface area contributed by atoms with E-state index in [1.54, 1.807) is 36.4 Å². The molecule has 0 radical (unpaired) electrons. The quantitative estimate of drug-likeness (QED) is 0.725. The summed E-state index contributed by atoms with van der Waals surface area (Å²) in [6.45, 7) is 0. The van der Waals surface area contributed by atoms with Crippen LogP contribution in [0.25, 0.3) is 23.1 Å². The second-order valence-electron chi connectivity index (χ2n) is 4.96. The predicted octanol–water partition coefficient (Wildman–Crippen LogP) is 3.38. The van der Waals surface area contributed by atoms with Gasteiger partial charge in [-0.15, -0.1) is 0 Å². The van der Waals surface area contributed by atoms with E-state index in [1.165, 1.54) is 25.5 Å². The van der Waals surface area contributed by atoms with Crippen LogP contribution in [-0.2, 0) is 0 Å². The van der Waals surface area contributed by atoms with Crippen LogP contribution in [0.3, 0.4) is 0 Å². The van der Waals surface area contributed by atoms with Gasteiger partial charge in [0.15, 0.2) is 16.9 Å². The van der Waals surface area contributed by atoms with E-state index in [4.69, 9.17) is 9.15 Å². The number of rotatable bonds is 3. The maximum Gasteiger partial charge on any atom is 0.200 e. The normalized spacial score (nSPS) is 11.2. The van der Waals surface area contributed by atoms with Crippen LogP contribution in [0, 0.1) is 0 Å². The van der Waals surface area contributed by atoms with Crippen molar-refractivity contribution in [3.63, 3.8) is 0 Å². The Balaban J connectivity index is 2.02. The monoisotopic (exact) mass is 310 g/mol. The van der Waals surface area contributed by atoms with Crippen LogP contribution in [0.5, 0.6) is 17.2 Å². The molecule has 2 aromatic carbocycles. The average molecular weight is 310 g/mol. The van der Waals surface area contributed by atoms with Crippen molar-refractivity contribution in [1.82, 2.24) is 0 Å². The molecule has 0 saturated carbocycles. The molecule has 5 nitrogen and oxygen atoms in total. The second kappa shape index (κ2) is 5.88. The molecule has 3 aromatic rings. The molecule has 116 valence electrons. The zero-order valence-corrected chi connectivity index (χ0v) is 12.3. The summed E-state index contributed by atoms with van der Waals surface area (Å²) in [7, 11) is 1.53. The van der Waals surface area contributed by atoms with Crippen molar-refractivity contribution in [1.29, 1.82) is 0 Å². The van der Waals surface area contributed by atoms with Gasteiger partial charge in [-0.3, -0.25) is 4.79 Å². The zero-order chi connectivity index (χ0) is 16.4. The van der Waals surface area contributed by atoms with Gasteiger partial charge in [0.25, 0.3) is 0 Å². The molecule has 0 unspecified atom stereocenters. The lowest BCUT2D eigenvalue weighted by Crippen LogP contribution is -2.04. The lowest BCUT2D eigenvalue weighted by molar-refractivity contribution is 0.403. The summed E-state index contributed by atoms with van der Waals surface area (Å²) in [5, 5.41) is 19.2. The highest BCUT2D eigenvalue weighted by Crippen LogP contribution is 2.26. The lowest BCUT2D eigenvalue weighted by atomic mass is 10.1. The van der Waals surface area contributed by atoms with E-state index < -0.39 is 0 Å². The molecule has 1 heterocycles. The molecule has 0 amide bonds. The molecule has 2 N–H and O–H groups in total. The van der Waals surface area contributed by atoms with E-state index in [9.17, 15) is 15.0 Å². The Morgan fingerprint density at radius 1 is 1.04 bits per heavy atom. The molecule has 23 heavy (non-hydrogen) atoms. The Hall–Kier alpha value is -3.21. The summed E-state index contributed by atoms with van der Waals surface area (Å²) in [5.74, 6) is 0.163. The van der Waals surface area contributed by atoms with Crippen molar-refractivity contribution in [2.45, 2.75) is 0 Å². The van der Waals surface area contributed by atoms with Crippen molar-refractivity contribution in [2.75, 3.05) is 7.11 Å². The molecule has 0 bridgehead atoms. The fourth-order valence-corrected chi connectivity index (χ4v) is 2.20. The van der Waals surface area contributed by atoms with Gasteiger partial charge in [-0.1, -0.05) is 12.1 Å². The number of hydrogen-bond acceptors (Lipinski definition) is 5. The highest BCUT2D eigenvalue weighted by Gasteiger charge is 2.06. The summed E-state index contributed by atoms with van der Waals surface area (Å²) in [5.41, 5.74) is 1.32. The summed E-state index contributed by atoms with van der Waals surface area (Å²) in [6, 6.07) is 9.43. The minimum Gasteiger partial charge on any atom is -0.504 e. The van der Waals surface area contributed by atoms with Crippen molar-refractivity contribution in [3.8, 4) is 17.2 Å². The molecule has 0 aliphatic carbocycles. The highest BCUT2D eigenvalue weighted by atomic mass is 16.5. The molecular weight excluding hydrogens is 296 g/mol. The summed E-state index contributed by atoms with van der Waals surface area (Å²) >= 11 is 0. The lowest BCUT2D eigenvalue weighted by Gasteiger charge is -2.02. The fraction of sp³-hybridized carbons (Fsp3) is 0.0556. The Labute approximate surface area is 131 Å². The third-order valence-corrected chi connectivity index (χ3v) is 3.46. The predicted molar refractivity (Wildman–Crippen MR) is 87.7 cm³/mol. The molecule has 3 rings (SSSR count). The zero-order valence-electron chi connectivity index (χ0n) is 12.3. The average Bonchev–Trinajstić information content (AvgIpc) is 2.57. The maximum atomic E-state index is 12.5. The standard InChI is InChI=1S/C18H14O5/c1-22-13-5-7-17-14(9-13)18(21)12(10-23-17)4-2-11-3-6-15(19)16(20)8-11/h2-10,19-20H,1H3/b4-2+. The number of fused-ring (bicyclic) bond motifs is 1. The van der Waals surface area contributed by atoms with Crippen LogP contribution in [-0.4, -0.2) is 17.3 Å². The van der Waals surface area contributed by atoms with Crippen molar-refractivity contribution < 1.29 is 19.4 Å². The first-order chi connectivity index (χ1) is 11.1. The Kier molecular flexibility index (Phi) is 3.76. The largest absolute Gasteiger partial charge is 0.504 e. The molecule has 0 aliphatic heterocycles. The molecule has 0 spiro atoms. The van der Waals surface area contributed by atoms with Gasteiger partial charge >= 0.3 is 0 Å².